The standard InChI is InChI=1S/C18H22N2O5S/c1-3-4-11-25-14-6-8-15(9-7-14)26(22,23)20-17-10-5-13(19)12-16(17)18(21)24-2/h5-10,12,20H,3-4,11,19H2,1-2H3. The molecule has 0 aliphatic carbocycles. The highest BCUT2D eigenvalue weighted by Crippen LogP contribution is 2.24. The first kappa shape index (κ1) is 19.6. The van der Waals surface area contributed by atoms with Crippen molar-refractivity contribution in [3.05, 3.63) is 48.0 Å². The number of sulfonamides is 1. The zero-order chi connectivity index (χ0) is 19.2. The molecule has 0 bridgehead atoms. The number of unbranched alkanes of at least 4 members (excludes halogenated alkanes) is 1. The van der Waals surface area contributed by atoms with E-state index in [2.05, 4.69) is 16.4 Å². The molecular weight excluding hydrogens is 356 g/mol. The van der Waals surface area contributed by atoms with E-state index in [1.54, 1.807) is 12.1 Å². The van der Waals surface area contributed by atoms with Gasteiger partial charge in [-0.05, 0) is 48.9 Å². The Hall–Kier alpha value is -2.74. The lowest BCUT2D eigenvalue weighted by molar-refractivity contribution is 0.0602. The van der Waals surface area contributed by atoms with Gasteiger partial charge in [-0.3, -0.25) is 4.72 Å². The van der Waals surface area contributed by atoms with E-state index in [0.717, 1.165) is 12.8 Å². The van der Waals surface area contributed by atoms with Crippen LogP contribution in [0.15, 0.2) is 47.4 Å². The SMILES string of the molecule is CCCCOc1ccc(S(=O)(=O)Nc2ccc(N)cc2C(=O)OC)cc1. The molecule has 0 atom stereocenters. The largest absolute Gasteiger partial charge is 0.494 e. The fourth-order valence-electron chi connectivity index (χ4n) is 2.18. The predicted octanol–water partition coefficient (Wildman–Crippen LogP) is 3.04. The van der Waals surface area contributed by atoms with E-state index < -0.39 is 16.0 Å². The van der Waals surface area contributed by atoms with Crippen molar-refractivity contribution in [3.8, 4) is 5.75 Å². The number of carbonyl (C=O) groups excluding carboxylic acids is 1. The van der Waals surface area contributed by atoms with Gasteiger partial charge in [-0.1, -0.05) is 13.3 Å². The molecule has 0 unspecified atom stereocenters. The van der Waals surface area contributed by atoms with Crippen LogP contribution < -0.4 is 15.2 Å². The number of benzene rings is 2. The Labute approximate surface area is 153 Å². The molecule has 8 heteroatoms. The number of carbonyl (C=O) groups is 1. The van der Waals surface area contributed by atoms with Gasteiger partial charge in [-0.25, -0.2) is 13.2 Å². The predicted molar refractivity (Wildman–Crippen MR) is 99.8 cm³/mol. The molecule has 3 N–H and O–H groups in total. The number of nitrogens with one attached hydrogen (secondary N) is 1. The van der Waals surface area contributed by atoms with Gasteiger partial charge >= 0.3 is 5.97 Å². The molecule has 2 aromatic rings. The number of methoxy groups -OCH3 is 1. The number of rotatable bonds is 8. The van der Waals surface area contributed by atoms with E-state index in [9.17, 15) is 13.2 Å². The second kappa shape index (κ2) is 8.57. The smallest absolute Gasteiger partial charge is 0.340 e. The summed E-state index contributed by atoms with van der Waals surface area (Å²) in [4.78, 5) is 11.9. The maximum atomic E-state index is 12.6. The maximum absolute atomic E-state index is 12.6. The summed E-state index contributed by atoms with van der Waals surface area (Å²) in [6.45, 7) is 2.64. The van der Waals surface area contributed by atoms with Crippen molar-refractivity contribution in [2.75, 3.05) is 24.2 Å². The van der Waals surface area contributed by atoms with Gasteiger partial charge in [0, 0.05) is 5.69 Å². The molecule has 0 aliphatic rings. The van der Waals surface area contributed by atoms with Gasteiger partial charge in [0.1, 0.15) is 5.75 Å². The number of anilines is 2. The molecule has 0 saturated heterocycles. The number of hydrogen-bond acceptors (Lipinski definition) is 6. The number of nitrogens with two attached hydrogens (primary N) is 1. The summed E-state index contributed by atoms with van der Waals surface area (Å²) in [7, 11) is -2.68. The molecule has 26 heavy (non-hydrogen) atoms. The first-order valence-electron chi connectivity index (χ1n) is 8.11. The highest BCUT2D eigenvalue weighted by molar-refractivity contribution is 7.92. The van der Waals surface area contributed by atoms with Crippen LogP contribution in [0.4, 0.5) is 11.4 Å². The highest BCUT2D eigenvalue weighted by atomic mass is 32.2. The van der Waals surface area contributed by atoms with Crippen molar-refractivity contribution < 1.29 is 22.7 Å². The summed E-state index contributed by atoms with van der Waals surface area (Å²) in [5.74, 6) is -0.0881. The zero-order valence-electron chi connectivity index (χ0n) is 14.7. The fraction of sp³-hybridized carbons (Fsp3) is 0.278. The third-order valence-corrected chi connectivity index (χ3v) is 4.98. The molecule has 0 saturated carbocycles. The maximum Gasteiger partial charge on any atom is 0.340 e. The van der Waals surface area contributed by atoms with E-state index in [1.807, 2.05) is 0 Å². The lowest BCUT2D eigenvalue weighted by atomic mass is 10.1. The van der Waals surface area contributed by atoms with Crippen LogP contribution in [-0.2, 0) is 14.8 Å². The van der Waals surface area contributed by atoms with Gasteiger partial charge in [0.25, 0.3) is 10.0 Å². The van der Waals surface area contributed by atoms with Gasteiger partial charge in [0.2, 0.25) is 0 Å². The summed E-state index contributed by atoms with van der Waals surface area (Å²) < 4.78 is 37.8. The van der Waals surface area contributed by atoms with Crippen LogP contribution in [0.1, 0.15) is 30.1 Å². The molecular formula is C18H22N2O5S. The van der Waals surface area contributed by atoms with Gasteiger partial charge < -0.3 is 15.2 Å². The number of nitrogen functional groups attached to an aromatic ring is 1. The summed E-state index contributed by atoms with van der Waals surface area (Å²) in [6, 6.07) is 10.3. The molecule has 0 fully saturated rings. The van der Waals surface area contributed by atoms with Crippen LogP contribution >= 0.6 is 0 Å². The average Bonchev–Trinajstić information content (AvgIpc) is 2.63. The molecule has 0 aromatic heterocycles. The molecule has 2 aromatic carbocycles. The molecule has 0 aliphatic heterocycles. The Morgan fingerprint density at radius 1 is 1.15 bits per heavy atom. The van der Waals surface area contributed by atoms with Crippen molar-refractivity contribution in [1.29, 1.82) is 0 Å². The van der Waals surface area contributed by atoms with E-state index >= 15 is 0 Å². The van der Waals surface area contributed by atoms with Crippen molar-refractivity contribution >= 4 is 27.4 Å². The second-order valence-corrected chi connectivity index (χ2v) is 7.26. The normalized spacial score (nSPS) is 11.0. The highest BCUT2D eigenvalue weighted by Gasteiger charge is 2.19. The lowest BCUT2D eigenvalue weighted by Gasteiger charge is -2.13. The van der Waals surface area contributed by atoms with Gasteiger partial charge in [-0.2, -0.15) is 0 Å². The van der Waals surface area contributed by atoms with Crippen molar-refractivity contribution in [1.82, 2.24) is 0 Å². The first-order valence-corrected chi connectivity index (χ1v) is 9.59. The van der Waals surface area contributed by atoms with Gasteiger partial charge in [0.15, 0.2) is 0 Å². The van der Waals surface area contributed by atoms with Crippen molar-refractivity contribution in [3.63, 3.8) is 0 Å². The Kier molecular flexibility index (Phi) is 6.46. The fourth-order valence-corrected chi connectivity index (χ4v) is 3.26. The van der Waals surface area contributed by atoms with E-state index in [0.29, 0.717) is 18.0 Å². The molecule has 7 nitrogen and oxygen atoms in total. The number of esters is 1. The molecule has 2 rings (SSSR count). The summed E-state index contributed by atoms with van der Waals surface area (Å²) in [5, 5.41) is 0. The zero-order valence-corrected chi connectivity index (χ0v) is 15.5. The average molecular weight is 378 g/mol. The van der Waals surface area contributed by atoms with Crippen LogP contribution in [0.25, 0.3) is 0 Å². The lowest BCUT2D eigenvalue weighted by Crippen LogP contribution is -2.16. The van der Waals surface area contributed by atoms with E-state index in [1.165, 1.54) is 37.4 Å². The van der Waals surface area contributed by atoms with E-state index in [-0.39, 0.29) is 16.1 Å². The van der Waals surface area contributed by atoms with Gasteiger partial charge in [0.05, 0.1) is 29.9 Å². The topological polar surface area (TPSA) is 108 Å². The third-order valence-electron chi connectivity index (χ3n) is 3.59. The third kappa shape index (κ3) is 4.89. The molecule has 0 radical (unpaired) electrons. The van der Waals surface area contributed by atoms with Crippen LogP contribution in [0.5, 0.6) is 5.75 Å². The minimum absolute atomic E-state index is 0.0376. The van der Waals surface area contributed by atoms with Crippen LogP contribution in [0.2, 0.25) is 0 Å². The first-order chi connectivity index (χ1) is 12.4. The van der Waals surface area contributed by atoms with Crippen LogP contribution in [-0.4, -0.2) is 28.1 Å². The van der Waals surface area contributed by atoms with Crippen molar-refractivity contribution in [2.45, 2.75) is 24.7 Å². The molecule has 0 heterocycles. The quantitative estimate of drug-likeness (QED) is 0.415. The molecule has 140 valence electrons. The van der Waals surface area contributed by atoms with Gasteiger partial charge in [-0.15, -0.1) is 0 Å². The molecule has 0 amide bonds. The van der Waals surface area contributed by atoms with Crippen LogP contribution in [0.3, 0.4) is 0 Å². The monoisotopic (exact) mass is 378 g/mol. The minimum Gasteiger partial charge on any atom is -0.494 e. The Bertz CT molecular complexity index is 864. The Morgan fingerprint density at radius 2 is 1.85 bits per heavy atom. The minimum atomic E-state index is -3.89. The molecule has 0 spiro atoms. The Balaban J connectivity index is 2.22. The summed E-state index contributed by atoms with van der Waals surface area (Å²) in [5.41, 5.74) is 6.11. The Morgan fingerprint density at radius 3 is 2.46 bits per heavy atom. The van der Waals surface area contributed by atoms with Crippen LogP contribution in [0, 0.1) is 0 Å². The summed E-state index contributed by atoms with van der Waals surface area (Å²) >= 11 is 0. The van der Waals surface area contributed by atoms with Crippen molar-refractivity contribution in [2.24, 2.45) is 0 Å². The second-order valence-electron chi connectivity index (χ2n) is 5.58. The summed E-state index contributed by atoms with van der Waals surface area (Å²) in [6.07, 6.45) is 1.94. The van der Waals surface area contributed by atoms with E-state index in [4.69, 9.17) is 10.5 Å². The number of ether oxygens (including phenoxy) is 2. The number of hydrogen-bond donors (Lipinski definition) is 2.